The zero-order chi connectivity index (χ0) is 37.8. The molecular formula is C53H96. The highest BCUT2D eigenvalue weighted by atomic mass is 14.6. The van der Waals surface area contributed by atoms with Gasteiger partial charge in [-0.3, -0.25) is 0 Å². The zero-order valence-corrected chi connectivity index (χ0v) is 37.8. The molecule has 0 amide bonds. The Bertz CT molecular complexity index is 990. The summed E-state index contributed by atoms with van der Waals surface area (Å²) in [6.07, 6.45) is 35.5. The monoisotopic (exact) mass is 733 g/mol. The molecule has 13 aliphatic rings. The Morgan fingerprint density at radius 3 is 1.00 bits per heavy atom. The zero-order valence-electron chi connectivity index (χ0n) is 37.8. The predicted molar refractivity (Wildman–Crippen MR) is 233 cm³/mol. The lowest BCUT2D eigenvalue weighted by Gasteiger charge is -2.60. The van der Waals surface area contributed by atoms with E-state index >= 15 is 0 Å². The van der Waals surface area contributed by atoms with Crippen LogP contribution in [0, 0.1) is 118 Å². The van der Waals surface area contributed by atoms with Crippen LogP contribution >= 0.6 is 0 Å². The summed E-state index contributed by atoms with van der Waals surface area (Å²) in [6, 6.07) is 0. The van der Waals surface area contributed by atoms with E-state index in [1.165, 1.54) is 63.2 Å². The van der Waals surface area contributed by atoms with Crippen LogP contribution in [0.2, 0.25) is 0 Å². The number of rotatable bonds is 5. The molecule has 0 saturated heterocycles. The first-order valence-electron chi connectivity index (χ1n) is 25.4. The molecule has 0 nitrogen and oxygen atoms in total. The van der Waals surface area contributed by atoms with Gasteiger partial charge in [0.25, 0.3) is 0 Å². The molecule has 0 spiro atoms. The van der Waals surface area contributed by atoms with Crippen LogP contribution in [0.25, 0.3) is 0 Å². The van der Waals surface area contributed by atoms with Crippen molar-refractivity contribution in [3.05, 3.63) is 0 Å². The average Bonchev–Trinajstić information content (AvgIpc) is 3.54. The Kier molecular flexibility index (Phi) is 15.8. The normalized spacial score (nSPS) is 44.1. The minimum absolute atomic E-state index is 0.929. The fraction of sp³-hybridized carbons (Fsp3) is 1.00. The Balaban J connectivity index is 0.000000115. The molecule has 53 heavy (non-hydrogen) atoms. The van der Waals surface area contributed by atoms with Crippen LogP contribution in [-0.4, -0.2) is 0 Å². The average molecular weight is 733 g/mol. The van der Waals surface area contributed by atoms with Gasteiger partial charge in [0.15, 0.2) is 0 Å². The molecule has 13 saturated carbocycles. The summed E-state index contributed by atoms with van der Waals surface area (Å²) in [4.78, 5) is 0. The van der Waals surface area contributed by atoms with Gasteiger partial charge in [-0.1, -0.05) is 159 Å². The first-order valence-corrected chi connectivity index (χ1v) is 25.4. The van der Waals surface area contributed by atoms with Gasteiger partial charge < -0.3 is 0 Å². The van der Waals surface area contributed by atoms with Crippen LogP contribution in [-0.2, 0) is 0 Å². The topological polar surface area (TPSA) is 0 Å². The van der Waals surface area contributed by atoms with Crippen LogP contribution in [0.1, 0.15) is 217 Å². The summed E-state index contributed by atoms with van der Waals surface area (Å²) in [6.45, 7) is 24.0. The molecule has 8 atom stereocenters. The van der Waals surface area contributed by atoms with Crippen molar-refractivity contribution in [2.45, 2.75) is 217 Å². The van der Waals surface area contributed by atoms with E-state index in [1.807, 2.05) is 0 Å². The minimum atomic E-state index is 0.929. The number of fused-ring (bicyclic) bond motifs is 9. The summed E-state index contributed by atoms with van der Waals surface area (Å²) < 4.78 is 0. The quantitative estimate of drug-likeness (QED) is 0.264. The Morgan fingerprint density at radius 1 is 0.245 bits per heavy atom. The van der Waals surface area contributed by atoms with E-state index in [9.17, 15) is 0 Å². The molecule has 8 unspecified atom stereocenters. The summed E-state index contributed by atoms with van der Waals surface area (Å²) in [7, 11) is 0. The maximum atomic E-state index is 2.45. The third-order valence-electron chi connectivity index (χ3n) is 18.9. The largest absolute Gasteiger partial charge is 0.0625 e. The highest BCUT2D eigenvalue weighted by Gasteiger charge is 2.53. The molecule has 13 aliphatic carbocycles. The third kappa shape index (κ3) is 10.6. The van der Waals surface area contributed by atoms with E-state index in [-0.39, 0.29) is 0 Å². The van der Waals surface area contributed by atoms with Crippen molar-refractivity contribution in [2.75, 3.05) is 0 Å². The second-order valence-electron chi connectivity index (χ2n) is 23.8. The van der Waals surface area contributed by atoms with Crippen LogP contribution in [0.15, 0.2) is 0 Å². The molecule has 13 fully saturated rings. The van der Waals surface area contributed by atoms with Gasteiger partial charge in [0.2, 0.25) is 0 Å². The summed E-state index contributed by atoms with van der Waals surface area (Å²) in [5, 5.41) is 0. The second-order valence-corrected chi connectivity index (χ2v) is 23.8. The van der Waals surface area contributed by atoms with E-state index in [2.05, 4.69) is 69.2 Å². The van der Waals surface area contributed by atoms with Crippen molar-refractivity contribution in [2.24, 2.45) is 118 Å². The smallest absolute Gasteiger partial charge is 0.0334 e. The van der Waals surface area contributed by atoms with Crippen LogP contribution in [0.3, 0.4) is 0 Å². The van der Waals surface area contributed by atoms with E-state index in [0.717, 1.165) is 107 Å². The van der Waals surface area contributed by atoms with Crippen molar-refractivity contribution in [3.8, 4) is 0 Å². The molecule has 0 aromatic rings. The van der Waals surface area contributed by atoms with E-state index < -0.39 is 0 Å². The Hall–Kier alpha value is 0. The minimum Gasteiger partial charge on any atom is -0.0625 e. The Labute approximate surface area is 334 Å². The Morgan fingerprint density at radius 2 is 0.604 bits per heavy atom. The summed E-state index contributed by atoms with van der Waals surface area (Å²) in [5.74, 6) is 21.6. The fourth-order valence-corrected chi connectivity index (χ4v) is 16.0. The van der Waals surface area contributed by atoms with Gasteiger partial charge >= 0.3 is 0 Å². The number of hydrogen-bond donors (Lipinski definition) is 0. The van der Waals surface area contributed by atoms with Gasteiger partial charge in [0.1, 0.15) is 0 Å². The fourth-order valence-electron chi connectivity index (χ4n) is 16.0. The van der Waals surface area contributed by atoms with Gasteiger partial charge in [0, 0.05) is 0 Å². The molecular weight excluding hydrogens is 637 g/mol. The van der Waals surface area contributed by atoms with Crippen molar-refractivity contribution in [1.29, 1.82) is 0 Å². The standard InChI is InChI=1S/C14H26.2C11H20.C9H16.C8H14/c1-11(2)14-10-12-6-3-4-8-13(14)9-5-7-12;1-8(2)11-9-4-3-5-10(11)7-6-9;1-8(2)11-9-5-3-4-6-10(11)7-9;1-6(2)9-5-7-3-8(9)4-7;1-5(2)8-6-3-7(8)4-6/h11-14H,3-10H2,1-2H3;2*8-11H,3-7H2,1-2H3;6-9H,3-5H2,1-2H3;5-8H,3-4H2,1-2H3. The molecule has 0 heteroatoms. The van der Waals surface area contributed by atoms with Gasteiger partial charge in [-0.05, 0) is 176 Å². The second kappa shape index (κ2) is 19.6. The number of hydrogen-bond acceptors (Lipinski definition) is 0. The van der Waals surface area contributed by atoms with Crippen molar-refractivity contribution in [3.63, 3.8) is 0 Å². The molecule has 308 valence electrons. The van der Waals surface area contributed by atoms with Crippen molar-refractivity contribution >= 4 is 0 Å². The molecule has 10 bridgehead atoms. The third-order valence-corrected chi connectivity index (χ3v) is 18.9. The molecule has 0 aromatic carbocycles. The van der Waals surface area contributed by atoms with Crippen molar-refractivity contribution in [1.82, 2.24) is 0 Å². The van der Waals surface area contributed by atoms with Crippen LogP contribution in [0.5, 0.6) is 0 Å². The van der Waals surface area contributed by atoms with Gasteiger partial charge in [-0.2, -0.15) is 0 Å². The molecule has 0 aliphatic heterocycles. The first-order chi connectivity index (χ1) is 25.4. The highest BCUT2D eigenvalue weighted by molar-refractivity contribution is 5.02. The molecule has 0 aromatic heterocycles. The lowest BCUT2D eigenvalue weighted by atomic mass is 9.45. The maximum Gasteiger partial charge on any atom is -0.0334 e. The molecule has 0 N–H and O–H groups in total. The van der Waals surface area contributed by atoms with Crippen LogP contribution in [0.4, 0.5) is 0 Å². The molecule has 0 heterocycles. The highest BCUT2D eigenvalue weighted by Crippen LogP contribution is 2.61. The predicted octanol–water partition coefficient (Wildman–Crippen LogP) is 16.6. The lowest BCUT2D eigenvalue weighted by molar-refractivity contribution is -0.107. The lowest BCUT2D eigenvalue weighted by Crippen LogP contribution is -2.52. The summed E-state index contributed by atoms with van der Waals surface area (Å²) in [5.41, 5.74) is 0. The van der Waals surface area contributed by atoms with Gasteiger partial charge in [-0.15, -0.1) is 0 Å². The van der Waals surface area contributed by atoms with Gasteiger partial charge in [-0.25, -0.2) is 0 Å². The van der Waals surface area contributed by atoms with E-state index in [4.69, 9.17) is 0 Å². The van der Waals surface area contributed by atoms with Crippen LogP contribution < -0.4 is 0 Å². The van der Waals surface area contributed by atoms with Gasteiger partial charge in [0.05, 0.1) is 0 Å². The van der Waals surface area contributed by atoms with E-state index in [0.29, 0.717) is 0 Å². The molecule has 13 rings (SSSR count). The SMILES string of the molecule is CC(C)C1C2CC1C2.CC(C)C1C2CCCC1CC2.CC(C)C1C2CCCCC1C2.CC(C)C1CC2CC1C2.CC(C)C1CC2CCCCC1CCC2. The van der Waals surface area contributed by atoms with Crippen molar-refractivity contribution < 1.29 is 0 Å². The van der Waals surface area contributed by atoms with E-state index in [1.54, 1.807) is 96.3 Å². The maximum absolute atomic E-state index is 2.45. The summed E-state index contributed by atoms with van der Waals surface area (Å²) >= 11 is 0. The molecule has 0 radical (unpaired) electrons. The first kappa shape index (κ1) is 42.6.